The molecule has 0 aliphatic carbocycles. The van der Waals surface area contributed by atoms with Gasteiger partial charge in [-0.3, -0.25) is 4.79 Å². The van der Waals surface area contributed by atoms with Crippen LogP contribution in [0.3, 0.4) is 0 Å². The number of rotatable bonds is 4. The van der Waals surface area contributed by atoms with E-state index in [9.17, 15) is 4.79 Å². The van der Waals surface area contributed by atoms with Crippen LogP contribution in [0.2, 0.25) is 0 Å². The molecule has 1 heterocycles. The van der Waals surface area contributed by atoms with Gasteiger partial charge >= 0.3 is 0 Å². The fourth-order valence-electron chi connectivity index (χ4n) is 1.78. The van der Waals surface area contributed by atoms with Crippen LogP contribution < -0.4 is 16.0 Å². The first-order valence-corrected chi connectivity index (χ1v) is 4.89. The molecule has 0 radical (unpaired) electrons. The summed E-state index contributed by atoms with van der Waals surface area (Å²) in [5, 5.41) is 9.58. The molecule has 0 aromatic rings. The third-order valence-corrected chi connectivity index (χ3v) is 2.40. The van der Waals surface area contributed by atoms with Crippen molar-refractivity contribution in [3.8, 4) is 0 Å². The molecule has 4 heteroatoms. The Hall–Kier alpha value is -0.610. The number of carbonyl (C=O) groups excluding carboxylic acids is 1. The van der Waals surface area contributed by atoms with Gasteiger partial charge in [0.05, 0.1) is 5.54 Å². The van der Waals surface area contributed by atoms with E-state index in [1.807, 2.05) is 0 Å². The maximum Gasteiger partial charge on any atom is 0.217 e. The van der Waals surface area contributed by atoms with Gasteiger partial charge in [0.15, 0.2) is 0 Å². The van der Waals surface area contributed by atoms with E-state index in [1.165, 1.54) is 0 Å². The maximum absolute atomic E-state index is 11.0. The normalized spacial score (nSPS) is 27.5. The zero-order valence-electron chi connectivity index (χ0n) is 8.44. The van der Waals surface area contributed by atoms with Gasteiger partial charge in [0.2, 0.25) is 5.91 Å². The Labute approximate surface area is 79.5 Å². The van der Waals surface area contributed by atoms with E-state index in [1.54, 1.807) is 6.92 Å². The number of nitrogens with one attached hydrogen (secondary N) is 3. The largest absolute Gasteiger partial charge is 0.348 e. The molecule has 4 nitrogen and oxygen atoms in total. The highest BCUT2D eigenvalue weighted by Crippen LogP contribution is 2.13. The molecule has 13 heavy (non-hydrogen) atoms. The van der Waals surface area contributed by atoms with Crippen molar-refractivity contribution in [2.45, 2.75) is 25.8 Å². The molecule has 1 atom stereocenters. The van der Waals surface area contributed by atoms with Gasteiger partial charge in [0.1, 0.15) is 0 Å². The summed E-state index contributed by atoms with van der Waals surface area (Å²) in [7, 11) is 0. The van der Waals surface area contributed by atoms with Crippen molar-refractivity contribution >= 4 is 5.91 Å². The van der Waals surface area contributed by atoms with Gasteiger partial charge in [-0.1, -0.05) is 6.92 Å². The smallest absolute Gasteiger partial charge is 0.217 e. The summed E-state index contributed by atoms with van der Waals surface area (Å²) >= 11 is 0. The van der Waals surface area contributed by atoms with E-state index >= 15 is 0 Å². The zero-order valence-corrected chi connectivity index (χ0v) is 8.44. The highest BCUT2D eigenvalue weighted by Gasteiger charge is 2.33. The molecule has 1 aliphatic heterocycles. The van der Waals surface area contributed by atoms with Crippen LogP contribution in [0.25, 0.3) is 0 Å². The molecule has 76 valence electrons. The van der Waals surface area contributed by atoms with E-state index in [0.29, 0.717) is 0 Å². The van der Waals surface area contributed by atoms with Gasteiger partial charge in [-0.2, -0.15) is 0 Å². The van der Waals surface area contributed by atoms with Crippen molar-refractivity contribution in [2.75, 3.05) is 26.2 Å². The van der Waals surface area contributed by atoms with Crippen LogP contribution in [-0.2, 0) is 4.79 Å². The number of hydrogen-bond donors (Lipinski definition) is 3. The number of carbonyl (C=O) groups is 1. The fourth-order valence-corrected chi connectivity index (χ4v) is 1.78. The molecule has 1 aliphatic rings. The summed E-state index contributed by atoms with van der Waals surface area (Å²) in [6.07, 6.45) is 1.01. The van der Waals surface area contributed by atoms with Crippen molar-refractivity contribution < 1.29 is 4.79 Å². The lowest BCUT2D eigenvalue weighted by Crippen LogP contribution is -2.55. The highest BCUT2D eigenvalue weighted by molar-refractivity contribution is 5.74. The van der Waals surface area contributed by atoms with Crippen LogP contribution in [-0.4, -0.2) is 37.6 Å². The van der Waals surface area contributed by atoms with E-state index in [-0.39, 0.29) is 11.4 Å². The van der Waals surface area contributed by atoms with Gasteiger partial charge in [-0.15, -0.1) is 0 Å². The predicted molar refractivity (Wildman–Crippen MR) is 52.6 cm³/mol. The van der Waals surface area contributed by atoms with Crippen LogP contribution in [0.5, 0.6) is 0 Å². The Morgan fingerprint density at radius 3 is 2.85 bits per heavy atom. The highest BCUT2D eigenvalue weighted by atomic mass is 16.1. The molecule has 0 spiro atoms. The minimum atomic E-state index is -0.0537. The van der Waals surface area contributed by atoms with E-state index in [4.69, 9.17) is 0 Å². The fraction of sp³-hybridized carbons (Fsp3) is 0.889. The number of likely N-dealkylation sites (N-methyl/N-ethyl adjacent to an activating group) is 1. The van der Waals surface area contributed by atoms with Gasteiger partial charge in [-0.05, 0) is 19.5 Å². The van der Waals surface area contributed by atoms with E-state index < -0.39 is 0 Å². The molecule has 1 rings (SSSR count). The standard InChI is InChI=1S/C9H19N3O/c1-3-10-6-9(12-8(2)13)4-5-11-7-9/h10-11H,3-7H2,1-2H3,(H,12,13). The molecular weight excluding hydrogens is 166 g/mol. The lowest BCUT2D eigenvalue weighted by molar-refractivity contribution is -0.120. The summed E-state index contributed by atoms with van der Waals surface area (Å²) in [5.74, 6) is 0.0570. The molecule has 0 aromatic heterocycles. The molecular formula is C9H19N3O. The topological polar surface area (TPSA) is 53.2 Å². The Morgan fingerprint density at radius 2 is 2.38 bits per heavy atom. The molecule has 3 N–H and O–H groups in total. The summed E-state index contributed by atoms with van der Waals surface area (Å²) in [4.78, 5) is 11.0. The molecule has 1 saturated heterocycles. The molecule has 0 aromatic carbocycles. The van der Waals surface area contributed by atoms with Gasteiger partial charge in [-0.25, -0.2) is 0 Å². The van der Waals surface area contributed by atoms with Gasteiger partial charge < -0.3 is 16.0 Å². The summed E-state index contributed by atoms with van der Waals surface area (Å²) in [6, 6.07) is 0. The summed E-state index contributed by atoms with van der Waals surface area (Å²) in [5.41, 5.74) is -0.0537. The van der Waals surface area contributed by atoms with Crippen molar-refractivity contribution in [3.63, 3.8) is 0 Å². The molecule has 1 amide bonds. The first-order valence-electron chi connectivity index (χ1n) is 4.89. The third-order valence-electron chi connectivity index (χ3n) is 2.40. The average Bonchev–Trinajstić information content (AvgIpc) is 2.49. The lowest BCUT2D eigenvalue weighted by atomic mass is 9.98. The van der Waals surface area contributed by atoms with Crippen molar-refractivity contribution in [1.29, 1.82) is 0 Å². The quantitative estimate of drug-likeness (QED) is 0.551. The lowest BCUT2D eigenvalue weighted by Gasteiger charge is -2.29. The van der Waals surface area contributed by atoms with Crippen LogP contribution >= 0.6 is 0 Å². The summed E-state index contributed by atoms with van der Waals surface area (Å²) in [6.45, 7) is 7.32. The van der Waals surface area contributed by atoms with Crippen LogP contribution in [0.1, 0.15) is 20.3 Å². The molecule has 0 saturated carbocycles. The second kappa shape index (κ2) is 4.58. The second-order valence-corrected chi connectivity index (χ2v) is 3.67. The van der Waals surface area contributed by atoms with Gasteiger partial charge in [0, 0.05) is 20.0 Å². The minimum Gasteiger partial charge on any atom is -0.348 e. The molecule has 1 unspecified atom stereocenters. The second-order valence-electron chi connectivity index (χ2n) is 3.67. The Kier molecular flexibility index (Phi) is 3.69. The van der Waals surface area contributed by atoms with Gasteiger partial charge in [0.25, 0.3) is 0 Å². The average molecular weight is 185 g/mol. The Morgan fingerprint density at radius 1 is 1.62 bits per heavy atom. The minimum absolute atomic E-state index is 0.0537. The maximum atomic E-state index is 11.0. The molecule has 1 fully saturated rings. The summed E-state index contributed by atoms with van der Waals surface area (Å²) < 4.78 is 0. The first kappa shape index (κ1) is 10.5. The Bertz CT molecular complexity index is 176. The zero-order chi connectivity index (χ0) is 9.73. The van der Waals surface area contributed by atoms with Crippen molar-refractivity contribution in [3.05, 3.63) is 0 Å². The third kappa shape index (κ3) is 2.97. The SMILES string of the molecule is CCNCC1(NC(C)=O)CCNC1. The van der Waals surface area contributed by atoms with E-state index in [2.05, 4.69) is 22.9 Å². The first-order chi connectivity index (χ1) is 6.18. The molecule has 0 bridgehead atoms. The van der Waals surface area contributed by atoms with Crippen LogP contribution in [0.15, 0.2) is 0 Å². The van der Waals surface area contributed by atoms with Crippen molar-refractivity contribution in [2.24, 2.45) is 0 Å². The van der Waals surface area contributed by atoms with Crippen LogP contribution in [0.4, 0.5) is 0 Å². The van der Waals surface area contributed by atoms with E-state index in [0.717, 1.165) is 32.6 Å². The predicted octanol–water partition coefficient (Wildman–Crippen LogP) is -0.536. The monoisotopic (exact) mass is 185 g/mol. The van der Waals surface area contributed by atoms with Crippen molar-refractivity contribution in [1.82, 2.24) is 16.0 Å². The number of amides is 1. The Balaban J connectivity index is 2.47. The van der Waals surface area contributed by atoms with Crippen LogP contribution in [0, 0.1) is 0 Å². The number of hydrogen-bond acceptors (Lipinski definition) is 3.